The van der Waals surface area contributed by atoms with Crippen LogP contribution >= 0.6 is 0 Å². The molecule has 0 radical (unpaired) electrons. The number of H-pyrrole nitrogens is 1. The average molecular weight is 809 g/mol. The first-order valence-corrected chi connectivity index (χ1v) is 21.1. The third-order valence-corrected chi connectivity index (χ3v) is 15.5. The summed E-state index contributed by atoms with van der Waals surface area (Å²) < 4.78 is 23.9. The molecular weight excluding hydrogens is 753 g/mol. The van der Waals surface area contributed by atoms with Gasteiger partial charge in [0.15, 0.2) is 6.10 Å². The van der Waals surface area contributed by atoms with Crippen LogP contribution in [0.3, 0.4) is 0 Å². The van der Waals surface area contributed by atoms with E-state index in [1.165, 1.54) is 21.1 Å². The van der Waals surface area contributed by atoms with Gasteiger partial charge in [0.2, 0.25) is 5.60 Å². The van der Waals surface area contributed by atoms with Gasteiger partial charge in [0.25, 0.3) is 0 Å². The first-order valence-electron chi connectivity index (χ1n) is 21.1. The number of aromatic nitrogens is 1. The number of hydrogen-bond acceptors (Lipinski definition) is 12. The number of likely N-dealkylation sites (N-methyl/N-ethyl adjacent to an activating group) is 1. The second kappa shape index (κ2) is 13.9. The molecule has 1 aliphatic carbocycles. The first-order chi connectivity index (χ1) is 28.3. The molecule has 10 atom stereocenters. The van der Waals surface area contributed by atoms with Crippen LogP contribution in [0.5, 0.6) is 5.75 Å². The largest absolute Gasteiger partial charge is 0.496 e. The number of fused-ring (bicyclic) bond motifs is 6. The van der Waals surface area contributed by atoms with Crippen LogP contribution in [0.15, 0.2) is 48.6 Å². The normalized spacial score (nSPS) is 35.7. The number of benzene rings is 2. The van der Waals surface area contributed by atoms with Crippen LogP contribution < -0.4 is 9.64 Å². The van der Waals surface area contributed by atoms with Gasteiger partial charge in [-0.3, -0.25) is 19.3 Å². The van der Waals surface area contributed by atoms with Gasteiger partial charge in [-0.05, 0) is 61.9 Å². The highest BCUT2D eigenvalue weighted by Gasteiger charge is 2.80. The van der Waals surface area contributed by atoms with Crippen molar-refractivity contribution in [1.29, 1.82) is 0 Å². The first kappa shape index (κ1) is 39.7. The molecule has 1 unspecified atom stereocenters. The van der Waals surface area contributed by atoms with Crippen LogP contribution in [0.25, 0.3) is 10.9 Å². The van der Waals surface area contributed by atoms with Crippen molar-refractivity contribution in [2.24, 2.45) is 17.3 Å². The number of para-hydroxylation sites is 1. The Morgan fingerprint density at radius 2 is 1.75 bits per heavy atom. The zero-order chi connectivity index (χ0) is 41.8. The second-order valence-corrected chi connectivity index (χ2v) is 17.8. The molecule has 2 N–H and O–H groups in total. The highest BCUT2D eigenvalue weighted by molar-refractivity contribution is 5.96. The lowest BCUT2D eigenvalue weighted by atomic mass is 9.47. The van der Waals surface area contributed by atoms with Crippen LogP contribution in [-0.2, 0) is 50.6 Å². The fourth-order valence-corrected chi connectivity index (χ4v) is 13.3. The molecule has 6 heterocycles. The number of ketones is 1. The molecule has 6 aliphatic rings. The quantitative estimate of drug-likeness (QED) is 0.202. The Hall–Kier alpha value is -4.72. The number of piperidine rings is 1. The van der Waals surface area contributed by atoms with Gasteiger partial charge >= 0.3 is 17.9 Å². The summed E-state index contributed by atoms with van der Waals surface area (Å²) in [5.41, 5.74) is -1.13. The van der Waals surface area contributed by atoms with Gasteiger partial charge in [0, 0.05) is 103 Å². The number of Topliss-reactive ketones (excluding diaryl/α,β-unsaturated/α-hetero) is 1. The Bertz CT molecular complexity index is 2290. The van der Waals surface area contributed by atoms with Gasteiger partial charge in [0.05, 0.1) is 27.4 Å². The number of carbonyl (C=O) groups excluding carboxylic acids is 4. The van der Waals surface area contributed by atoms with E-state index in [4.69, 9.17) is 18.9 Å². The van der Waals surface area contributed by atoms with Gasteiger partial charge in [-0.1, -0.05) is 44.2 Å². The molecule has 13 nitrogen and oxygen atoms in total. The Balaban J connectivity index is 1.37. The third kappa shape index (κ3) is 5.07. The maximum atomic E-state index is 15.3. The number of aromatic amines is 1. The summed E-state index contributed by atoms with van der Waals surface area (Å²) in [4.78, 5) is 67.6. The summed E-state index contributed by atoms with van der Waals surface area (Å²) >= 11 is 0. The van der Waals surface area contributed by atoms with Crippen LogP contribution in [0.2, 0.25) is 0 Å². The van der Waals surface area contributed by atoms with Gasteiger partial charge in [-0.15, -0.1) is 0 Å². The lowest BCUT2D eigenvalue weighted by Gasteiger charge is -2.63. The molecule has 59 heavy (non-hydrogen) atoms. The maximum absolute atomic E-state index is 15.3. The van der Waals surface area contributed by atoms with E-state index in [-0.39, 0.29) is 24.2 Å². The molecule has 3 fully saturated rings. The second-order valence-electron chi connectivity index (χ2n) is 17.8. The van der Waals surface area contributed by atoms with Crippen LogP contribution in [0.1, 0.15) is 68.8 Å². The number of aliphatic hydroxyl groups is 1. The Morgan fingerprint density at radius 1 is 0.983 bits per heavy atom. The van der Waals surface area contributed by atoms with E-state index in [1.54, 1.807) is 7.11 Å². The lowest BCUT2D eigenvalue weighted by Crippen LogP contribution is -2.81. The number of nitrogens with one attached hydrogen (secondary N) is 1. The molecule has 2 aromatic carbocycles. The van der Waals surface area contributed by atoms with Crippen LogP contribution in [0, 0.1) is 17.3 Å². The zero-order valence-corrected chi connectivity index (χ0v) is 35.1. The van der Waals surface area contributed by atoms with E-state index < -0.39 is 57.8 Å². The van der Waals surface area contributed by atoms with Crippen molar-refractivity contribution in [2.75, 3.05) is 66.0 Å². The molecule has 2 saturated heterocycles. The molecule has 1 spiro atoms. The van der Waals surface area contributed by atoms with Crippen molar-refractivity contribution in [3.63, 3.8) is 0 Å². The predicted molar refractivity (Wildman–Crippen MR) is 219 cm³/mol. The topological polar surface area (TPSA) is 151 Å². The molecular formula is C46H56N4O9. The summed E-state index contributed by atoms with van der Waals surface area (Å²) in [6.07, 6.45) is 5.29. The van der Waals surface area contributed by atoms with E-state index in [9.17, 15) is 19.5 Å². The minimum absolute atomic E-state index is 0.143. The lowest BCUT2D eigenvalue weighted by molar-refractivity contribution is -0.228. The van der Waals surface area contributed by atoms with Crippen molar-refractivity contribution < 1.29 is 43.2 Å². The number of rotatable bonds is 7. The monoisotopic (exact) mass is 808 g/mol. The Kier molecular flexibility index (Phi) is 9.37. The van der Waals surface area contributed by atoms with Crippen LogP contribution in [0.4, 0.5) is 5.69 Å². The van der Waals surface area contributed by atoms with E-state index >= 15 is 4.79 Å². The van der Waals surface area contributed by atoms with Gasteiger partial charge in [-0.2, -0.15) is 0 Å². The molecule has 2 bridgehead atoms. The molecule has 314 valence electrons. The summed E-state index contributed by atoms with van der Waals surface area (Å²) in [5, 5.41) is 14.3. The van der Waals surface area contributed by atoms with Crippen molar-refractivity contribution in [3.05, 3.63) is 70.9 Å². The fraction of sp³-hybridized carbons (Fsp3) is 0.565. The number of anilines is 1. The van der Waals surface area contributed by atoms with Gasteiger partial charge < -0.3 is 38.8 Å². The summed E-state index contributed by atoms with van der Waals surface area (Å²) in [5.74, 6) is -2.11. The number of carbonyl (C=O) groups is 4. The maximum Gasteiger partial charge on any atom is 0.344 e. The summed E-state index contributed by atoms with van der Waals surface area (Å²) in [6, 6.07) is 10.8. The standard InChI is InChI=1S/C46H56N4O9/c1-8-27-24-49-19-15-30-29-13-10-11-14-33(29)47-37(30)45(41(53)57-6,23-28(25-49)36(27)52)32-21-31-34(22-35(32)56-5)48(4)39-44(31)17-20-50-18-12-16-43(9-2,38(44)50)40(59-26(3)51)46(39,55)42(54)58-7/h10-14,16,21-22,27-28,38-40,47,55H,8-9,15,17-20,23-25H2,1-7H3/t27-,28-,38+,39-,40-,43-,44-,45+,46+/m1/s1. The van der Waals surface area contributed by atoms with Crippen molar-refractivity contribution in [2.45, 2.75) is 87.5 Å². The Labute approximate surface area is 345 Å². The van der Waals surface area contributed by atoms with Crippen LogP contribution in [-0.4, -0.2) is 128 Å². The molecule has 5 aliphatic heterocycles. The molecule has 13 heteroatoms. The molecule has 1 aromatic heterocycles. The highest BCUT2D eigenvalue weighted by Crippen LogP contribution is 2.68. The smallest absolute Gasteiger partial charge is 0.344 e. The Morgan fingerprint density at radius 3 is 2.44 bits per heavy atom. The number of esters is 3. The van der Waals surface area contributed by atoms with Gasteiger partial charge in [0.1, 0.15) is 16.9 Å². The number of nitrogens with zero attached hydrogens (tertiary/aromatic N) is 3. The van der Waals surface area contributed by atoms with E-state index in [0.717, 1.165) is 28.6 Å². The molecule has 9 rings (SSSR count). The third-order valence-electron chi connectivity index (χ3n) is 15.5. The molecule has 0 amide bonds. The summed E-state index contributed by atoms with van der Waals surface area (Å²) in [7, 11) is 6.07. The van der Waals surface area contributed by atoms with E-state index in [1.807, 2.05) is 55.3 Å². The minimum Gasteiger partial charge on any atom is -0.496 e. The summed E-state index contributed by atoms with van der Waals surface area (Å²) in [6.45, 7) is 8.55. The fourth-order valence-electron chi connectivity index (χ4n) is 13.3. The van der Waals surface area contributed by atoms with Gasteiger partial charge in [-0.25, -0.2) is 4.79 Å². The van der Waals surface area contributed by atoms with Crippen molar-refractivity contribution in [3.8, 4) is 5.75 Å². The number of methoxy groups -OCH3 is 3. The van der Waals surface area contributed by atoms with E-state index in [0.29, 0.717) is 74.6 Å². The predicted octanol–water partition coefficient (Wildman–Crippen LogP) is 4.06. The minimum atomic E-state index is -2.32. The number of ether oxygens (including phenoxy) is 4. The zero-order valence-electron chi connectivity index (χ0n) is 35.1. The molecule has 1 saturated carbocycles. The van der Waals surface area contributed by atoms with Crippen molar-refractivity contribution in [1.82, 2.24) is 14.8 Å². The van der Waals surface area contributed by atoms with Crippen molar-refractivity contribution >= 4 is 40.3 Å². The average Bonchev–Trinajstić information content (AvgIpc) is 3.91. The van der Waals surface area contributed by atoms with E-state index in [2.05, 4.69) is 33.8 Å². The molecule has 3 aromatic rings. The number of hydrogen-bond donors (Lipinski definition) is 2. The highest BCUT2D eigenvalue weighted by atomic mass is 16.6. The SMILES string of the molecule is CC[C@@H]1CN2CCc3c([nH]c4ccccc34)[C@@](C(=O)OC)(c3cc4c(cc3OC)N(C)[C@H]3[C@@](O)(C(=O)OC)[C@H](OC(C)=O)[C@]5(CC)C=CCN6CC[C@]43[C@@H]65)C[C@H](C2)C1=O.